The van der Waals surface area contributed by atoms with Crippen LogP contribution < -0.4 is 5.43 Å². The average Bonchev–Trinajstić information content (AvgIpc) is 2.39. The summed E-state index contributed by atoms with van der Waals surface area (Å²) in [6.07, 6.45) is 1.87. The minimum atomic E-state index is -1.38. The Morgan fingerprint density at radius 2 is 2.15 bits per heavy atom. The van der Waals surface area contributed by atoms with E-state index in [2.05, 4.69) is 5.10 Å². The number of carbonyl (C=O) groups is 1. The molecular formula is C14H13FN2O3. The lowest BCUT2D eigenvalue weighted by Gasteiger charge is -2.11. The van der Waals surface area contributed by atoms with E-state index in [1.807, 2.05) is 0 Å². The van der Waals surface area contributed by atoms with Crippen molar-refractivity contribution in [2.75, 3.05) is 0 Å². The first kappa shape index (κ1) is 13.9. The third kappa shape index (κ3) is 2.45. The van der Waals surface area contributed by atoms with Crippen molar-refractivity contribution in [1.82, 2.24) is 9.78 Å². The Hall–Kier alpha value is -2.50. The van der Waals surface area contributed by atoms with Crippen LogP contribution in [0.3, 0.4) is 0 Å². The maximum Gasteiger partial charge on any atom is 0.360 e. The van der Waals surface area contributed by atoms with E-state index < -0.39 is 17.1 Å². The van der Waals surface area contributed by atoms with Gasteiger partial charge in [-0.15, -0.1) is 0 Å². The third-order valence-corrected chi connectivity index (χ3v) is 2.98. The quantitative estimate of drug-likeness (QED) is 0.929. The van der Waals surface area contributed by atoms with Crippen molar-refractivity contribution in [3.63, 3.8) is 0 Å². The molecule has 0 spiro atoms. The Labute approximate surface area is 114 Å². The molecular weight excluding hydrogens is 263 g/mol. The molecule has 5 nitrogen and oxygen atoms in total. The van der Waals surface area contributed by atoms with Crippen molar-refractivity contribution in [3.8, 4) is 5.69 Å². The molecule has 1 N–H and O–H groups in total. The summed E-state index contributed by atoms with van der Waals surface area (Å²) >= 11 is 0. The zero-order chi connectivity index (χ0) is 14.9. The van der Waals surface area contributed by atoms with Crippen molar-refractivity contribution < 1.29 is 14.3 Å². The number of aromatic nitrogens is 2. The number of hydrogen-bond acceptors (Lipinski definition) is 3. The highest BCUT2D eigenvalue weighted by Crippen LogP contribution is 2.14. The second-order valence-electron chi connectivity index (χ2n) is 4.37. The molecule has 2 aromatic rings. The molecule has 0 aliphatic carbocycles. The summed E-state index contributed by atoms with van der Waals surface area (Å²) in [5, 5.41) is 12.9. The number of benzene rings is 1. The minimum absolute atomic E-state index is 0.348. The van der Waals surface area contributed by atoms with E-state index >= 15 is 0 Å². The molecule has 0 bridgehead atoms. The number of carboxylic acids is 1. The fraction of sp³-hybridized carbons (Fsp3) is 0.214. The van der Waals surface area contributed by atoms with Crippen LogP contribution in [0, 0.1) is 12.7 Å². The number of nitrogens with zero attached hydrogens (tertiary/aromatic N) is 2. The summed E-state index contributed by atoms with van der Waals surface area (Å²) < 4.78 is 14.4. The average molecular weight is 276 g/mol. The van der Waals surface area contributed by atoms with E-state index in [1.54, 1.807) is 13.8 Å². The Morgan fingerprint density at radius 1 is 1.45 bits per heavy atom. The summed E-state index contributed by atoms with van der Waals surface area (Å²) in [5.41, 5.74) is 0.355. The molecule has 0 atom stereocenters. The minimum Gasteiger partial charge on any atom is -0.476 e. The molecule has 6 heteroatoms. The lowest BCUT2D eigenvalue weighted by atomic mass is 10.1. The van der Waals surface area contributed by atoms with Gasteiger partial charge >= 0.3 is 5.97 Å². The van der Waals surface area contributed by atoms with Gasteiger partial charge in [0.05, 0.1) is 5.69 Å². The van der Waals surface area contributed by atoms with Gasteiger partial charge in [-0.25, -0.2) is 13.9 Å². The number of halogens is 1. The first-order chi connectivity index (χ1) is 9.43. The number of aryl methyl sites for hydroxylation is 2. The topological polar surface area (TPSA) is 72.2 Å². The molecule has 1 aromatic carbocycles. The standard InChI is InChI=1S/C14H13FN2O3/c1-3-9-7-17(16-12(13(9)18)14(19)20)11-5-4-10(15)6-8(11)2/h4-7H,3H2,1-2H3,(H,19,20). The molecule has 2 rings (SSSR count). The number of rotatable bonds is 3. The van der Waals surface area contributed by atoms with E-state index in [-0.39, 0.29) is 5.82 Å². The van der Waals surface area contributed by atoms with E-state index in [1.165, 1.54) is 29.1 Å². The summed E-state index contributed by atoms with van der Waals surface area (Å²) in [4.78, 5) is 22.9. The molecule has 0 aliphatic rings. The predicted molar refractivity (Wildman–Crippen MR) is 70.9 cm³/mol. The lowest BCUT2D eigenvalue weighted by Crippen LogP contribution is -2.24. The summed E-state index contributed by atoms with van der Waals surface area (Å²) in [7, 11) is 0. The first-order valence-corrected chi connectivity index (χ1v) is 6.06. The van der Waals surface area contributed by atoms with E-state index in [0.717, 1.165) is 0 Å². The van der Waals surface area contributed by atoms with Crippen LogP contribution in [0.15, 0.2) is 29.2 Å². The summed E-state index contributed by atoms with van der Waals surface area (Å²) in [6, 6.07) is 4.07. The summed E-state index contributed by atoms with van der Waals surface area (Å²) in [5.74, 6) is -1.76. The maximum atomic E-state index is 13.1. The SMILES string of the molecule is CCc1cn(-c2ccc(F)cc2C)nc(C(=O)O)c1=O. The Bertz CT molecular complexity index is 738. The van der Waals surface area contributed by atoms with Gasteiger partial charge in [0.1, 0.15) is 5.82 Å². The highest BCUT2D eigenvalue weighted by molar-refractivity contribution is 5.85. The van der Waals surface area contributed by atoms with Crippen LogP contribution in [0.25, 0.3) is 5.69 Å². The molecule has 20 heavy (non-hydrogen) atoms. The van der Waals surface area contributed by atoms with E-state index in [9.17, 15) is 14.0 Å². The fourth-order valence-electron chi connectivity index (χ4n) is 1.93. The van der Waals surface area contributed by atoms with Crippen LogP contribution in [0.1, 0.15) is 28.5 Å². The molecule has 0 saturated heterocycles. The van der Waals surface area contributed by atoms with Crippen molar-refractivity contribution in [3.05, 3.63) is 57.3 Å². The number of aromatic carboxylic acids is 1. The van der Waals surface area contributed by atoms with Gasteiger partial charge in [0.15, 0.2) is 0 Å². The van der Waals surface area contributed by atoms with E-state index in [0.29, 0.717) is 23.2 Å². The van der Waals surface area contributed by atoms with Crippen LogP contribution in [0.5, 0.6) is 0 Å². The zero-order valence-electron chi connectivity index (χ0n) is 11.1. The Balaban J connectivity index is 2.71. The second-order valence-corrected chi connectivity index (χ2v) is 4.37. The second kappa shape index (κ2) is 5.24. The van der Waals surface area contributed by atoms with Crippen molar-refractivity contribution in [2.24, 2.45) is 0 Å². The van der Waals surface area contributed by atoms with Gasteiger partial charge in [0.25, 0.3) is 0 Å². The van der Waals surface area contributed by atoms with Gasteiger partial charge in [0, 0.05) is 11.8 Å². The van der Waals surface area contributed by atoms with Crippen LogP contribution in [0.4, 0.5) is 4.39 Å². The van der Waals surface area contributed by atoms with Crippen molar-refractivity contribution >= 4 is 5.97 Å². The zero-order valence-corrected chi connectivity index (χ0v) is 11.1. The Kier molecular flexibility index (Phi) is 3.65. The van der Waals surface area contributed by atoms with E-state index in [4.69, 9.17) is 5.11 Å². The van der Waals surface area contributed by atoms with Gasteiger partial charge in [0.2, 0.25) is 11.1 Å². The number of carboxylic acid groups (broad SMARTS) is 1. The monoisotopic (exact) mass is 276 g/mol. The van der Waals surface area contributed by atoms with Crippen molar-refractivity contribution in [2.45, 2.75) is 20.3 Å². The van der Waals surface area contributed by atoms with Gasteiger partial charge < -0.3 is 5.11 Å². The third-order valence-electron chi connectivity index (χ3n) is 2.98. The first-order valence-electron chi connectivity index (χ1n) is 6.06. The van der Waals surface area contributed by atoms with Crippen molar-refractivity contribution in [1.29, 1.82) is 0 Å². The van der Waals surface area contributed by atoms with Gasteiger partial charge in [-0.3, -0.25) is 4.79 Å². The highest BCUT2D eigenvalue weighted by Gasteiger charge is 2.16. The smallest absolute Gasteiger partial charge is 0.360 e. The fourth-order valence-corrected chi connectivity index (χ4v) is 1.93. The molecule has 0 radical (unpaired) electrons. The van der Waals surface area contributed by atoms with Crippen LogP contribution in [-0.4, -0.2) is 20.9 Å². The molecule has 0 unspecified atom stereocenters. The van der Waals surface area contributed by atoms with Crippen LogP contribution in [0.2, 0.25) is 0 Å². The van der Waals surface area contributed by atoms with Crippen LogP contribution in [-0.2, 0) is 6.42 Å². The summed E-state index contributed by atoms with van der Waals surface area (Å²) in [6.45, 7) is 3.44. The molecule has 0 aliphatic heterocycles. The Morgan fingerprint density at radius 3 is 2.70 bits per heavy atom. The predicted octanol–water partition coefficient (Wildman–Crippen LogP) is 1.94. The van der Waals surface area contributed by atoms with Crippen LogP contribution >= 0.6 is 0 Å². The van der Waals surface area contributed by atoms with Gasteiger partial charge in [-0.2, -0.15) is 5.10 Å². The van der Waals surface area contributed by atoms with Gasteiger partial charge in [-0.1, -0.05) is 6.92 Å². The largest absolute Gasteiger partial charge is 0.476 e. The molecule has 0 fully saturated rings. The maximum absolute atomic E-state index is 13.1. The molecule has 0 saturated carbocycles. The van der Waals surface area contributed by atoms with Gasteiger partial charge in [-0.05, 0) is 37.1 Å². The number of hydrogen-bond donors (Lipinski definition) is 1. The normalized spacial score (nSPS) is 10.6. The highest BCUT2D eigenvalue weighted by atomic mass is 19.1. The molecule has 1 aromatic heterocycles. The molecule has 104 valence electrons. The molecule has 0 amide bonds. The lowest BCUT2D eigenvalue weighted by molar-refractivity contribution is 0.0686. The molecule has 1 heterocycles.